The van der Waals surface area contributed by atoms with Gasteiger partial charge in [0.15, 0.2) is 0 Å². The van der Waals surface area contributed by atoms with Gasteiger partial charge in [-0.2, -0.15) is 5.10 Å². The lowest BCUT2D eigenvalue weighted by atomic mass is 10.1. The summed E-state index contributed by atoms with van der Waals surface area (Å²) in [6.45, 7) is 5.95. The third-order valence-electron chi connectivity index (χ3n) is 3.29. The van der Waals surface area contributed by atoms with Crippen molar-refractivity contribution in [1.82, 2.24) is 19.3 Å². The van der Waals surface area contributed by atoms with E-state index in [2.05, 4.69) is 47.0 Å². The summed E-state index contributed by atoms with van der Waals surface area (Å²) in [5.41, 5.74) is 7.27. The standard InChI is InChI=1S/C14H23N5/c1-3-6-19-14(16-11-17-19)10-18-7-5-12(9-18)8-13(15)4-2/h5,7,9,11,13H,3-4,6,8,10,15H2,1-2H3. The zero-order valence-corrected chi connectivity index (χ0v) is 11.8. The second kappa shape index (κ2) is 6.52. The highest BCUT2D eigenvalue weighted by molar-refractivity contribution is 5.12. The van der Waals surface area contributed by atoms with Crippen molar-refractivity contribution in [3.05, 3.63) is 36.2 Å². The summed E-state index contributed by atoms with van der Waals surface area (Å²) in [5.74, 6) is 1.00. The van der Waals surface area contributed by atoms with Gasteiger partial charge >= 0.3 is 0 Å². The van der Waals surface area contributed by atoms with Gasteiger partial charge in [0.2, 0.25) is 0 Å². The molecule has 0 aliphatic rings. The zero-order valence-electron chi connectivity index (χ0n) is 11.8. The third kappa shape index (κ3) is 3.67. The Kier molecular flexibility index (Phi) is 4.74. The third-order valence-corrected chi connectivity index (χ3v) is 3.29. The molecule has 0 bridgehead atoms. The Bertz CT molecular complexity index is 499. The molecule has 2 aromatic rings. The van der Waals surface area contributed by atoms with E-state index in [4.69, 9.17) is 5.73 Å². The van der Waals surface area contributed by atoms with E-state index in [9.17, 15) is 0 Å². The van der Waals surface area contributed by atoms with Crippen molar-refractivity contribution in [2.24, 2.45) is 5.73 Å². The number of aryl methyl sites for hydroxylation is 1. The molecule has 1 atom stereocenters. The molecule has 2 rings (SSSR count). The van der Waals surface area contributed by atoms with Crippen molar-refractivity contribution in [2.75, 3.05) is 0 Å². The summed E-state index contributed by atoms with van der Waals surface area (Å²) < 4.78 is 4.12. The van der Waals surface area contributed by atoms with Crippen molar-refractivity contribution in [1.29, 1.82) is 0 Å². The minimum Gasteiger partial charge on any atom is -0.346 e. The molecule has 0 aliphatic carbocycles. The van der Waals surface area contributed by atoms with E-state index in [1.807, 2.05) is 4.68 Å². The van der Waals surface area contributed by atoms with E-state index in [1.54, 1.807) is 6.33 Å². The molecule has 0 amide bonds. The van der Waals surface area contributed by atoms with Gasteiger partial charge in [-0.05, 0) is 30.9 Å². The van der Waals surface area contributed by atoms with Gasteiger partial charge in [0.25, 0.3) is 0 Å². The minimum atomic E-state index is 0.250. The lowest BCUT2D eigenvalue weighted by molar-refractivity contribution is 0.554. The molecule has 2 heterocycles. The lowest BCUT2D eigenvalue weighted by Crippen LogP contribution is -2.21. The van der Waals surface area contributed by atoms with Crippen LogP contribution in [0.15, 0.2) is 24.8 Å². The SMILES string of the molecule is CCCn1ncnc1Cn1ccc(CC(N)CC)c1. The van der Waals surface area contributed by atoms with E-state index in [0.29, 0.717) is 0 Å². The van der Waals surface area contributed by atoms with Gasteiger partial charge in [0.1, 0.15) is 12.2 Å². The molecule has 1 unspecified atom stereocenters. The number of hydrogen-bond acceptors (Lipinski definition) is 3. The predicted molar refractivity (Wildman–Crippen MR) is 75.8 cm³/mol. The molecule has 19 heavy (non-hydrogen) atoms. The highest BCUT2D eigenvalue weighted by atomic mass is 15.3. The van der Waals surface area contributed by atoms with Gasteiger partial charge in [-0.3, -0.25) is 0 Å². The normalized spacial score (nSPS) is 12.8. The van der Waals surface area contributed by atoms with Gasteiger partial charge in [-0.1, -0.05) is 13.8 Å². The summed E-state index contributed by atoms with van der Waals surface area (Å²) in [6, 6.07) is 2.38. The maximum absolute atomic E-state index is 5.98. The molecule has 0 aliphatic heterocycles. The lowest BCUT2D eigenvalue weighted by Gasteiger charge is -2.07. The average molecular weight is 261 g/mol. The molecule has 0 radical (unpaired) electrons. The summed E-state index contributed by atoms with van der Waals surface area (Å²) in [5, 5.41) is 4.24. The van der Waals surface area contributed by atoms with Gasteiger partial charge in [-0.25, -0.2) is 9.67 Å². The Morgan fingerprint density at radius 1 is 1.37 bits per heavy atom. The number of aromatic nitrogens is 4. The molecular formula is C14H23N5. The maximum atomic E-state index is 5.98. The molecule has 104 valence electrons. The first-order valence-corrected chi connectivity index (χ1v) is 6.99. The summed E-state index contributed by atoms with van der Waals surface area (Å²) in [6.07, 6.45) is 8.88. The Hall–Kier alpha value is -1.62. The van der Waals surface area contributed by atoms with E-state index in [1.165, 1.54) is 5.56 Å². The first-order valence-electron chi connectivity index (χ1n) is 6.99. The Morgan fingerprint density at radius 3 is 2.95 bits per heavy atom. The van der Waals surface area contributed by atoms with Gasteiger partial charge in [-0.15, -0.1) is 0 Å². The topological polar surface area (TPSA) is 61.7 Å². The Labute approximate surface area is 114 Å². The maximum Gasteiger partial charge on any atom is 0.146 e. The van der Waals surface area contributed by atoms with Crippen LogP contribution >= 0.6 is 0 Å². The van der Waals surface area contributed by atoms with Gasteiger partial charge in [0, 0.05) is 25.0 Å². The van der Waals surface area contributed by atoms with E-state index in [0.717, 1.165) is 38.2 Å². The van der Waals surface area contributed by atoms with Crippen LogP contribution in [-0.4, -0.2) is 25.4 Å². The highest BCUT2D eigenvalue weighted by Crippen LogP contribution is 2.08. The largest absolute Gasteiger partial charge is 0.346 e. The molecule has 2 N–H and O–H groups in total. The monoisotopic (exact) mass is 261 g/mol. The summed E-state index contributed by atoms with van der Waals surface area (Å²) in [4.78, 5) is 4.32. The van der Waals surface area contributed by atoms with Crippen LogP contribution in [0.1, 0.15) is 38.1 Å². The van der Waals surface area contributed by atoms with Crippen LogP contribution in [0, 0.1) is 0 Å². The van der Waals surface area contributed by atoms with Crippen LogP contribution < -0.4 is 5.73 Å². The Balaban J connectivity index is 2.01. The number of nitrogens with two attached hydrogens (primary N) is 1. The molecular weight excluding hydrogens is 238 g/mol. The molecule has 0 spiro atoms. The smallest absolute Gasteiger partial charge is 0.146 e. The molecule has 0 fully saturated rings. The molecule has 2 aromatic heterocycles. The van der Waals surface area contributed by atoms with E-state index >= 15 is 0 Å². The zero-order chi connectivity index (χ0) is 13.7. The van der Waals surface area contributed by atoms with Gasteiger partial charge in [0.05, 0.1) is 6.54 Å². The van der Waals surface area contributed by atoms with Crippen LogP contribution in [0.5, 0.6) is 0 Å². The Morgan fingerprint density at radius 2 is 2.21 bits per heavy atom. The second-order valence-corrected chi connectivity index (χ2v) is 4.96. The summed E-state index contributed by atoms with van der Waals surface area (Å²) in [7, 11) is 0. The first kappa shape index (κ1) is 13.8. The minimum absolute atomic E-state index is 0.250. The van der Waals surface area contributed by atoms with Crippen LogP contribution in [0.3, 0.4) is 0 Å². The van der Waals surface area contributed by atoms with Crippen LogP contribution in [0.2, 0.25) is 0 Å². The van der Waals surface area contributed by atoms with Crippen molar-refractivity contribution in [2.45, 2.75) is 52.2 Å². The van der Waals surface area contributed by atoms with Crippen LogP contribution in [0.4, 0.5) is 0 Å². The highest BCUT2D eigenvalue weighted by Gasteiger charge is 2.06. The summed E-state index contributed by atoms with van der Waals surface area (Å²) >= 11 is 0. The molecule has 5 heteroatoms. The van der Waals surface area contributed by atoms with Gasteiger partial charge < -0.3 is 10.3 Å². The molecule has 0 aromatic carbocycles. The van der Waals surface area contributed by atoms with E-state index < -0.39 is 0 Å². The second-order valence-electron chi connectivity index (χ2n) is 4.96. The van der Waals surface area contributed by atoms with Crippen molar-refractivity contribution in [3.63, 3.8) is 0 Å². The molecule has 0 saturated heterocycles. The number of rotatable bonds is 7. The van der Waals surface area contributed by atoms with Crippen LogP contribution in [-0.2, 0) is 19.5 Å². The fraction of sp³-hybridized carbons (Fsp3) is 0.571. The van der Waals surface area contributed by atoms with Crippen molar-refractivity contribution in [3.8, 4) is 0 Å². The number of nitrogens with zero attached hydrogens (tertiary/aromatic N) is 4. The first-order chi connectivity index (χ1) is 9.22. The molecule has 5 nitrogen and oxygen atoms in total. The fourth-order valence-electron chi connectivity index (χ4n) is 2.13. The van der Waals surface area contributed by atoms with E-state index in [-0.39, 0.29) is 6.04 Å². The predicted octanol–water partition coefficient (Wildman–Crippen LogP) is 1.82. The van der Waals surface area contributed by atoms with Crippen molar-refractivity contribution >= 4 is 0 Å². The number of hydrogen-bond donors (Lipinski definition) is 1. The fourth-order valence-corrected chi connectivity index (χ4v) is 2.13. The quantitative estimate of drug-likeness (QED) is 0.827. The average Bonchev–Trinajstić information content (AvgIpc) is 3.01. The van der Waals surface area contributed by atoms with Crippen molar-refractivity contribution < 1.29 is 0 Å². The van der Waals surface area contributed by atoms with Crippen LogP contribution in [0.25, 0.3) is 0 Å². The molecule has 0 saturated carbocycles.